The molecule has 11 heteroatoms. The van der Waals surface area contributed by atoms with E-state index in [0.717, 1.165) is 38.0 Å². The summed E-state index contributed by atoms with van der Waals surface area (Å²) in [4.78, 5) is 31.8. The smallest absolute Gasteiger partial charge is 0.258 e. The molecular formula is C28H34Cl3N5O3. The Kier molecular flexibility index (Phi) is 8.34. The van der Waals surface area contributed by atoms with E-state index in [4.69, 9.17) is 40.5 Å². The molecule has 2 atom stereocenters. The minimum absolute atomic E-state index is 0.0337. The summed E-state index contributed by atoms with van der Waals surface area (Å²) >= 11 is 18.6. The van der Waals surface area contributed by atoms with E-state index in [1.54, 1.807) is 34.1 Å². The highest BCUT2D eigenvalue weighted by atomic mass is 35.5. The van der Waals surface area contributed by atoms with Crippen molar-refractivity contribution in [1.29, 1.82) is 0 Å². The van der Waals surface area contributed by atoms with Crippen LogP contribution in [0.4, 0.5) is 5.69 Å². The summed E-state index contributed by atoms with van der Waals surface area (Å²) in [5.74, 6) is -0.411. The fourth-order valence-corrected chi connectivity index (χ4v) is 6.55. The zero-order valence-corrected chi connectivity index (χ0v) is 24.1. The summed E-state index contributed by atoms with van der Waals surface area (Å²) < 4.78 is 0. The van der Waals surface area contributed by atoms with Crippen LogP contribution < -0.4 is 11.1 Å². The molecule has 4 N–H and O–H groups in total. The Morgan fingerprint density at radius 3 is 2.18 bits per heavy atom. The van der Waals surface area contributed by atoms with Crippen LogP contribution in [0, 0.1) is 0 Å². The van der Waals surface area contributed by atoms with E-state index in [9.17, 15) is 14.7 Å². The van der Waals surface area contributed by atoms with E-state index in [0.29, 0.717) is 58.4 Å². The third kappa shape index (κ3) is 6.16. The number of likely N-dealkylation sites (tertiary alicyclic amines) is 3. The van der Waals surface area contributed by atoms with Crippen molar-refractivity contribution in [3.05, 3.63) is 62.6 Å². The molecule has 2 aromatic rings. The van der Waals surface area contributed by atoms with Gasteiger partial charge in [-0.05, 0) is 68.1 Å². The Balaban J connectivity index is 1.09. The van der Waals surface area contributed by atoms with Crippen LogP contribution in [0.1, 0.15) is 42.1 Å². The number of nitrogens with one attached hydrogen (secondary N) is 1. The maximum absolute atomic E-state index is 13.2. The van der Waals surface area contributed by atoms with Gasteiger partial charge in [-0.2, -0.15) is 0 Å². The molecule has 5 rings (SSSR count). The van der Waals surface area contributed by atoms with E-state index < -0.39 is 5.60 Å². The van der Waals surface area contributed by atoms with Gasteiger partial charge in [0.25, 0.3) is 11.8 Å². The molecule has 0 spiro atoms. The topological polar surface area (TPSA) is 102 Å². The number of aliphatic hydroxyl groups is 1. The van der Waals surface area contributed by atoms with Crippen molar-refractivity contribution < 1.29 is 14.7 Å². The molecule has 0 saturated carbocycles. The molecule has 8 nitrogen and oxygen atoms in total. The zero-order valence-electron chi connectivity index (χ0n) is 21.9. The number of nitrogens with zero attached hydrogens (tertiary/aromatic N) is 3. The standard InChI is InChI=1S/C28H34Cl3N5O3/c1-28(39,17-10-18(29)12-19(30)11-17)27(38)34-8-5-23(6-9-34)36-15-22(16-36)33-21-2-3-24(25(31)13-21)26(37)35-7-4-20(32)14-35/h2-3,10-13,20,22-23,33,39H,4-9,14-16,32H2,1H3/t20?,28-/m0/s1. The molecule has 3 fully saturated rings. The Morgan fingerprint density at radius 1 is 0.949 bits per heavy atom. The van der Waals surface area contributed by atoms with E-state index >= 15 is 0 Å². The van der Waals surface area contributed by atoms with Gasteiger partial charge in [0.15, 0.2) is 5.60 Å². The van der Waals surface area contributed by atoms with Gasteiger partial charge in [-0.3, -0.25) is 14.5 Å². The van der Waals surface area contributed by atoms with Gasteiger partial charge in [-0.25, -0.2) is 0 Å². The third-order valence-corrected chi connectivity index (χ3v) is 8.85. The maximum Gasteiger partial charge on any atom is 0.258 e. The first-order chi connectivity index (χ1) is 18.5. The lowest BCUT2D eigenvalue weighted by molar-refractivity contribution is -0.152. The van der Waals surface area contributed by atoms with Crippen molar-refractivity contribution >= 4 is 52.3 Å². The van der Waals surface area contributed by atoms with Crippen LogP contribution in [0.2, 0.25) is 15.1 Å². The number of hydrogen-bond donors (Lipinski definition) is 3. The molecule has 2 amide bonds. The van der Waals surface area contributed by atoms with Crippen LogP contribution in [-0.4, -0.2) is 89.0 Å². The lowest BCUT2D eigenvalue weighted by atomic mass is 9.92. The van der Waals surface area contributed by atoms with Gasteiger partial charge in [0.05, 0.1) is 16.6 Å². The Bertz CT molecular complexity index is 1220. The summed E-state index contributed by atoms with van der Waals surface area (Å²) in [6.07, 6.45) is 2.50. The van der Waals surface area contributed by atoms with Gasteiger partial charge in [-0.15, -0.1) is 0 Å². The lowest BCUT2D eigenvalue weighted by Gasteiger charge is -2.48. The molecule has 3 heterocycles. The van der Waals surface area contributed by atoms with Gasteiger partial charge in [0, 0.05) is 67.1 Å². The van der Waals surface area contributed by atoms with Gasteiger partial charge >= 0.3 is 0 Å². The van der Waals surface area contributed by atoms with Crippen LogP contribution in [0.3, 0.4) is 0 Å². The number of anilines is 1. The molecular weight excluding hydrogens is 561 g/mol. The summed E-state index contributed by atoms with van der Waals surface area (Å²) in [6, 6.07) is 10.9. The molecule has 2 aromatic carbocycles. The Hall–Kier alpha value is -2.07. The summed E-state index contributed by atoms with van der Waals surface area (Å²) in [7, 11) is 0. The van der Waals surface area contributed by atoms with Crippen molar-refractivity contribution in [2.75, 3.05) is 44.6 Å². The first kappa shape index (κ1) is 28.5. The molecule has 39 heavy (non-hydrogen) atoms. The Labute approximate surface area is 244 Å². The number of piperidine rings is 1. The van der Waals surface area contributed by atoms with Gasteiger partial charge in [-0.1, -0.05) is 34.8 Å². The number of carbonyl (C=O) groups excluding carboxylic acids is 2. The first-order valence-corrected chi connectivity index (χ1v) is 14.5. The van der Waals surface area contributed by atoms with Gasteiger partial charge < -0.3 is 26.0 Å². The van der Waals surface area contributed by atoms with Crippen molar-refractivity contribution in [2.45, 2.75) is 49.9 Å². The highest BCUT2D eigenvalue weighted by Crippen LogP contribution is 2.32. The second-order valence-electron chi connectivity index (χ2n) is 11.0. The summed E-state index contributed by atoms with van der Waals surface area (Å²) in [5, 5.41) is 15.7. The van der Waals surface area contributed by atoms with Crippen molar-refractivity contribution in [2.24, 2.45) is 5.73 Å². The molecule has 0 aromatic heterocycles. The minimum atomic E-state index is -1.70. The first-order valence-electron chi connectivity index (χ1n) is 13.3. The fourth-order valence-electron chi connectivity index (χ4n) is 5.76. The summed E-state index contributed by atoms with van der Waals surface area (Å²) in [6.45, 7) is 5.66. The van der Waals surface area contributed by atoms with Crippen LogP contribution >= 0.6 is 34.8 Å². The number of hydrogen-bond acceptors (Lipinski definition) is 6. The highest BCUT2D eigenvalue weighted by Gasteiger charge is 2.40. The highest BCUT2D eigenvalue weighted by molar-refractivity contribution is 6.35. The second-order valence-corrected chi connectivity index (χ2v) is 12.3. The average molecular weight is 595 g/mol. The van der Waals surface area contributed by atoms with Gasteiger partial charge in [0.2, 0.25) is 0 Å². The van der Waals surface area contributed by atoms with E-state index in [1.165, 1.54) is 6.92 Å². The van der Waals surface area contributed by atoms with Crippen molar-refractivity contribution in [3.8, 4) is 0 Å². The fraction of sp³-hybridized carbons (Fsp3) is 0.500. The predicted octanol–water partition coefficient (Wildman–Crippen LogP) is 3.81. The van der Waals surface area contributed by atoms with Crippen LogP contribution in [0.25, 0.3) is 0 Å². The number of amides is 2. The number of nitrogens with two attached hydrogens (primary N) is 1. The second kappa shape index (κ2) is 11.4. The molecule has 3 aliphatic rings. The lowest BCUT2D eigenvalue weighted by Crippen LogP contribution is -2.61. The number of halogens is 3. The number of carbonyl (C=O) groups is 2. The molecule has 3 aliphatic heterocycles. The quantitative estimate of drug-likeness (QED) is 0.470. The molecule has 0 bridgehead atoms. The molecule has 1 unspecified atom stereocenters. The third-order valence-electron chi connectivity index (χ3n) is 8.10. The number of benzene rings is 2. The predicted molar refractivity (Wildman–Crippen MR) is 155 cm³/mol. The normalized spacial score (nSPS) is 22.5. The SMILES string of the molecule is C[C@@](O)(C(=O)N1CCC(N2CC(Nc3ccc(C(=O)N4CCC(N)C4)c(Cl)c3)C2)CC1)c1cc(Cl)cc(Cl)c1. The molecule has 0 aliphatic carbocycles. The monoisotopic (exact) mass is 593 g/mol. The van der Waals surface area contributed by atoms with Crippen molar-refractivity contribution in [1.82, 2.24) is 14.7 Å². The molecule has 0 radical (unpaired) electrons. The minimum Gasteiger partial charge on any atom is -0.380 e. The average Bonchev–Trinajstić information content (AvgIpc) is 3.31. The van der Waals surface area contributed by atoms with Crippen molar-refractivity contribution in [3.63, 3.8) is 0 Å². The maximum atomic E-state index is 13.2. The van der Waals surface area contributed by atoms with Crippen LogP contribution in [0.5, 0.6) is 0 Å². The Morgan fingerprint density at radius 2 is 1.59 bits per heavy atom. The summed E-state index contributed by atoms with van der Waals surface area (Å²) in [5.41, 5.74) is 6.03. The van der Waals surface area contributed by atoms with E-state index in [2.05, 4.69) is 10.2 Å². The van der Waals surface area contributed by atoms with Crippen LogP contribution in [0.15, 0.2) is 36.4 Å². The number of rotatable bonds is 6. The molecule has 3 saturated heterocycles. The van der Waals surface area contributed by atoms with Crippen LogP contribution in [-0.2, 0) is 10.4 Å². The van der Waals surface area contributed by atoms with E-state index in [1.807, 2.05) is 12.1 Å². The molecule has 210 valence electrons. The largest absolute Gasteiger partial charge is 0.380 e. The zero-order chi connectivity index (χ0) is 27.9. The van der Waals surface area contributed by atoms with Gasteiger partial charge in [0.1, 0.15) is 0 Å². The van der Waals surface area contributed by atoms with E-state index in [-0.39, 0.29) is 23.9 Å².